The van der Waals surface area contributed by atoms with E-state index in [2.05, 4.69) is 27.8 Å². The number of hydrogen-bond acceptors (Lipinski definition) is 7. The highest BCUT2D eigenvalue weighted by molar-refractivity contribution is 8.01. The van der Waals surface area contributed by atoms with Crippen LogP contribution in [0.4, 0.5) is 0 Å². The quantitative estimate of drug-likeness (QED) is 0.184. The summed E-state index contributed by atoms with van der Waals surface area (Å²) >= 11 is 5.76. The number of aromatic amines is 1. The van der Waals surface area contributed by atoms with E-state index >= 15 is 0 Å². The minimum atomic E-state index is -1.18. The molecule has 0 spiro atoms. The van der Waals surface area contributed by atoms with Gasteiger partial charge in [0.25, 0.3) is 0 Å². The Labute approximate surface area is 183 Å². The minimum Gasteiger partial charge on any atom is -0.478 e. The molecule has 0 aromatic carbocycles. The van der Waals surface area contributed by atoms with Crippen molar-refractivity contribution in [2.75, 3.05) is 5.75 Å². The highest BCUT2D eigenvalue weighted by atomic mass is 32.2. The van der Waals surface area contributed by atoms with Crippen LogP contribution < -0.4 is 0 Å². The normalized spacial score (nSPS) is 21.8. The van der Waals surface area contributed by atoms with E-state index in [0.29, 0.717) is 17.6 Å². The van der Waals surface area contributed by atoms with Crippen LogP contribution in [0.25, 0.3) is 0 Å². The van der Waals surface area contributed by atoms with Crippen molar-refractivity contribution in [3.05, 3.63) is 34.6 Å². The molecule has 0 radical (unpaired) electrons. The van der Waals surface area contributed by atoms with Crippen molar-refractivity contribution >= 4 is 42.2 Å². The van der Waals surface area contributed by atoms with Crippen LogP contribution in [-0.2, 0) is 20.8 Å². The van der Waals surface area contributed by atoms with Crippen molar-refractivity contribution in [3.63, 3.8) is 0 Å². The van der Waals surface area contributed by atoms with Gasteiger partial charge in [-0.25, -0.2) is 14.6 Å². The third-order valence-electron chi connectivity index (χ3n) is 5.38. The topological polar surface area (TPSA) is 136 Å². The number of β-lactam (4-membered cyclic amide) rings is 1. The zero-order chi connectivity index (χ0) is 21.8. The Kier molecular flexibility index (Phi) is 7.24. The summed E-state index contributed by atoms with van der Waals surface area (Å²) in [4.78, 5) is 41.0. The largest absolute Gasteiger partial charge is 0.478 e. The molecule has 0 unspecified atom stereocenters. The number of aromatic nitrogens is 3. The maximum Gasteiger partial charge on any atom is 0.352 e. The second kappa shape index (κ2) is 9.69. The summed E-state index contributed by atoms with van der Waals surface area (Å²) in [5.41, 5.74) is 1.37. The second-order valence-electron chi connectivity index (χ2n) is 7.22. The molecule has 3 rings (SSSR count). The molecule has 3 N–H and O–H groups in total. The number of unbranched alkanes of at least 4 members (excludes halogenated alkanes) is 2. The van der Waals surface area contributed by atoms with Gasteiger partial charge in [-0.1, -0.05) is 6.42 Å². The summed E-state index contributed by atoms with van der Waals surface area (Å²) in [7, 11) is 0. The van der Waals surface area contributed by atoms with Gasteiger partial charge in [-0.2, -0.15) is 17.7 Å². The van der Waals surface area contributed by atoms with Crippen molar-refractivity contribution < 1.29 is 24.6 Å². The molecule has 2 aliphatic heterocycles. The van der Waals surface area contributed by atoms with Gasteiger partial charge < -0.3 is 10.2 Å². The fraction of sp³-hybridized carbons (Fsp3) is 0.526. The molecule has 1 saturated heterocycles. The molecule has 30 heavy (non-hydrogen) atoms. The predicted molar refractivity (Wildman–Crippen MR) is 114 cm³/mol. The standard InChI is InChI=1S/C19H24N4O5S2/c1-10(18(25)26)11(5-3-2-4-6-13-20-9-21-22-13)17-12(8-29)16(19(27)28)23-14(24)7-15(23)30-17/h9,15,17,29H,2-8H2,1H3,(H,25,26)(H,27,28)(H,20,21,22)/t15-,17-/m0/s1. The number of carbonyl (C=O) groups excluding carboxylic acids is 1. The number of thioether (sulfide) groups is 1. The monoisotopic (exact) mass is 452 g/mol. The summed E-state index contributed by atoms with van der Waals surface area (Å²) in [5, 5.41) is 25.3. The van der Waals surface area contributed by atoms with Crippen LogP contribution in [0.15, 0.2) is 28.7 Å². The molecule has 0 bridgehead atoms. The number of carbonyl (C=O) groups is 3. The number of carboxylic acids is 2. The number of aliphatic carboxylic acids is 2. The molecule has 1 fully saturated rings. The number of carboxylic acid groups (broad SMARTS) is 2. The molecular weight excluding hydrogens is 428 g/mol. The van der Waals surface area contributed by atoms with E-state index in [1.54, 1.807) is 6.92 Å². The van der Waals surface area contributed by atoms with Crippen LogP contribution in [-0.4, -0.2) is 64.5 Å². The summed E-state index contributed by atoms with van der Waals surface area (Å²) in [6.07, 6.45) is 5.54. The third kappa shape index (κ3) is 4.56. The summed E-state index contributed by atoms with van der Waals surface area (Å²) < 4.78 is 0. The van der Waals surface area contributed by atoms with E-state index in [4.69, 9.17) is 0 Å². The molecule has 1 amide bonds. The van der Waals surface area contributed by atoms with E-state index in [0.717, 1.165) is 31.5 Å². The minimum absolute atomic E-state index is 0.0454. The van der Waals surface area contributed by atoms with Gasteiger partial charge in [-0.3, -0.25) is 14.8 Å². The number of H-pyrrole nitrogens is 1. The molecule has 1 aromatic rings. The van der Waals surface area contributed by atoms with Gasteiger partial charge >= 0.3 is 11.9 Å². The van der Waals surface area contributed by atoms with Crippen LogP contribution in [0.1, 0.15) is 44.9 Å². The second-order valence-corrected chi connectivity index (χ2v) is 8.83. The van der Waals surface area contributed by atoms with Gasteiger partial charge in [-0.05, 0) is 37.3 Å². The van der Waals surface area contributed by atoms with Crippen molar-refractivity contribution in [1.29, 1.82) is 0 Å². The van der Waals surface area contributed by atoms with Gasteiger partial charge in [-0.15, -0.1) is 11.8 Å². The number of fused-ring (bicyclic) bond motifs is 1. The number of aryl methyl sites for hydroxylation is 1. The lowest BCUT2D eigenvalue weighted by Gasteiger charge is -2.47. The molecule has 0 saturated carbocycles. The van der Waals surface area contributed by atoms with Crippen LogP contribution in [0.3, 0.4) is 0 Å². The Morgan fingerprint density at radius 1 is 1.33 bits per heavy atom. The maximum atomic E-state index is 12.0. The van der Waals surface area contributed by atoms with Crippen LogP contribution in [0.2, 0.25) is 0 Å². The maximum absolute atomic E-state index is 12.0. The summed E-state index contributed by atoms with van der Waals surface area (Å²) in [6.45, 7) is 1.56. The number of nitrogens with one attached hydrogen (secondary N) is 1. The van der Waals surface area contributed by atoms with Gasteiger partial charge in [0.2, 0.25) is 5.91 Å². The first-order chi connectivity index (χ1) is 14.3. The van der Waals surface area contributed by atoms with E-state index in [9.17, 15) is 24.6 Å². The highest BCUT2D eigenvalue weighted by Crippen LogP contribution is 2.48. The molecule has 2 aliphatic rings. The zero-order valence-electron chi connectivity index (χ0n) is 16.5. The van der Waals surface area contributed by atoms with E-state index in [1.807, 2.05) is 0 Å². The van der Waals surface area contributed by atoms with Crippen LogP contribution >= 0.6 is 24.4 Å². The lowest BCUT2D eigenvalue weighted by atomic mass is 9.93. The van der Waals surface area contributed by atoms with Gasteiger partial charge in [0, 0.05) is 17.7 Å². The first-order valence-corrected chi connectivity index (χ1v) is 11.2. The molecule has 0 aliphatic carbocycles. The lowest BCUT2D eigenvalue weighted by Crippen LogP contribution is -2.55. The highest BCUT2D eigenvalue weighted by Gasteiger charge is 2.49. The molecule has 11 heteroatoms. The van der Waals surface area contributed by atoms with E-state index in [-0.39, 0.29) is 34.7 Å². The molecule has 162 valence electrons. The Hall–Kier alpha value is -2.27. The predicted octanol–water partition coefficient (Wildman–Crippen LogP) is 2.25. The van der Waals surface area contributed by atoms with Crippen molar-refractivity contribution in [3.8, 4) is 0 Å². The number of amides is 1. The lowest BCUT2D eigenvalue weighted by molar-refractivity contribution is -0.146. The Bertz CT molecular complexity index is 897. The number of hydrogen-bond donors (Lipinski definition) is 4. The zero-order valence-corrected chi connectivity index (χ0v) is 18.2. The van der Waals surface area contributed by atoms with Crippen LogP contribution in [0, 0.1) is 0 Å². The fourth-order valence-corrected chi connectivity index (χ4v) is 5.93. The van der Waals surface area contributed by atoms with Gasteiger partial charge in [0.15, 0.2) is 0 Å². The first kappa shape index (κ1) is 22.4. The van der Waals surface area contributed by atoms with Gasteiger partial charge in [0.05, 0.1) is 17.0 Å². The average Bonchev–Trinajstić information content (AvgIpc) is 3.21. The molecule has 9 nitrogen and oxygen atoms in total. The van der Waals surface area contributed by atoms with E-state index < -0.39 is 17.2 Å². The molecule has 3 heterocycles. The SMILES string of the molecule is CC(C(=O)O)=C(CCCCCc1ncn[nH]1)[C@@H]1S[C@H]2CC(=O)N2C(C(=O)O)=C1CS. The Balaban J connectivity index is 1.80. The first-order valence-electron chi connectivity index (χ1n) is 9.67. The Morgan fingerprint density at radius 2 is 2.10 bits per heavy atom. The Morgan fingerprint density at radius 3 is 2.67 bits per heavy atom. The molecular formula is C19H24N4O5S2. The molecule has 2 atom stereocenters. The number of rotatable bonds is 10. The summed E-state index contributed by atoms with van der Waals surface area (Å²) in [6, 6.07) is 0. The summed E-state index contributed by atoms with van der Waals surface area (Å²) in [5.74, 6) is -1.47. The molecule has 1 aromatic heterocycles. The van der Waals surface area contributed by atoms with Crippen molar-refractivity contribution in [2.45, 2.75) is 56.1 Å². The number of thiol groups is 1. The fourth-order valence-electron chi connectivity index (χ4n) is 3.76. The average molecular weight is 453 g/mol. The third-order valence-corrected chi connectivity index (χ3v) is 7.25. The van der Waals surface area contributed by atoms with Crippen LogP contribution in [0.5, 0.6) is 0 Å². The van der Waals surface area contributed by atoms with E-state index in [1.165, 1.54) is 23.0 Å². The smallest absolute Gasteiger partial charge is 0.352 e. The number of nitrogens with zero attached hydrogens (tertiary/aromatic N) is 3. The van der Waals surface area contributed by atoms with Crippen molar-refractivity contribution in [1.82, 2.24) is 20.1 Å². The van der Waals surface area contributed by atoms with Crippen molar-refractivity contribution in [2.24, 2.45) is 0 Å². The van der Waals surface area contributed by atoms with Gasteiger partial charge in [0.1, 0.15) is 17.8 Å².